The molecule has 1 fully saturated rings. The molecule has 2 aliphatic rings. The highest BCUT2D eigenvalue weighted by atomic mass is 32.2. The van der Waals surface area contributed by atoms with Crippen molar-refractivity contribution in [3.8, 4) is 0 Å². The smallest absolute Gasteiger partial charge is 0.247 e. The summed E-state index contributed by atoms with van der Waals surface area (Å²) in [5.41, 5.74) is 1.59. The number of nitrogens with one attached hydrogen (secondary N) is 2. The van der Waals surface area contributed by atoms with Gasteiger partial charge in [-0.05, 0) is 49.4 Å². The molecule has 0 radical (unpaired) electrons. The van der Waals surface area contributed by atoms with Crippen molar-refractivity contribution in [2.75, 3.05) is 25.0 Å². The van der Waals surface area contributed by atoms with Gasteiger partial charge in [0.1, 0.15) is 0 Å². The van der Waals surface area contributed by atoms with Gasteiger partial charge in [0.25, 0.3) is 0 Å². The molecular weight excluding hydrogens is 458 g/mol. The minimum atomic E-state index is -3.70. The third-order valence-electron chi connectivity index (χ3n) is 5.92. The van der Waals surface area contributed by atoms with Crippen molar-refractivity contribution in [2.24, 2.45) is 0 Å². The lowest BCUT2D eigenvalue weighted by Gasteiger charge is -2.28. The minimum absolute atomic E-state index is 0.0964. The standard InChI is InChI=1S/C24H29N3O4S2/c28-23-22(24(29)27-15-6-1-2-7-16-27)32-21-13-12-19(17-20(21)26-23)33(30,31)25-14-8-11-18-9-4-3-5-10-18/h3-5,9-10,12-13,17,22,25H,1-2,6-8,11,14-16H2,(H,26,28). The summed E-state index contributed by atoms with van der Waals surface area (Å²) in [4.78, 5) is 28.2. The Morgan fingerprint density at radius 1 is 1.06 bits per heavy atom. The Balaban J connectivity index is 1.38. The summed E-state index contributed by atoms with van der Waals surface area (Å²) in [6.07, 6.45) is 5.60. The number of anilines is 1. The van der Waals surface area contributed by atoms with Crippen LogP contribution in [-0.2, 0) is 26.0 Å². The van der Waals surface area contributed by atoms with Crippen molar-refractivity contribution >= 4 is 39.3 Å². The van der Waals surface area contributed by atoms with Gasteiger partial charge in [0.05, 0.1) is 10.6 Å². The Hall–Kier alpha value is -2.36. The largest absolute Gasteiger partial charge is 0.341 e. The number of carbonyl (C=O) groups excluding carboxylic acids is 2. The number of amides is 2. The fourth-order valence-electron chi connectivity index (χ4n) is 4.10. The summed E-state index contributed by atoms with van der Waals surface area (Å²) in [6, 6.07) is 14.6. The van der Waals surface area contributed by atoms with Gasteiger partial charge in [-0.15, -0.1) is 11.8 Å². The molecule has 2 heterocycles. The first-order valence-corrected chi connectivity index (χ1v) is 13.7. The number of hydrogen-bond acceptors (Lipinski definition) is 5. The summed E-state index contributed by atoms with van der Waals surface area (Å²) in [5.74, 6) is -0.561. The molecule has 4 rings (SSSR count). The van der Waals surface area contributed by atoms with Crippen LogP contribution in [0.3, 0.4) is 0 Å². The normalized spacial score (nSPS) is 18.8. The van der Waals surface area contributed by atoms with E-state index in [0.29, 0.717) is 36.6 Å². The van der Waals surface area contributed by atoms with Crippen LogP contribution in [-0.4, -0.2) is 50.0 Å². The van der Waals surface area contributed by atoms with E-state index < -0.39 is 21.2 Å². The van der Waals surface area contributed by atoms with Crippen molar-refractivity contribution < 1.29 is 18.0 Å². The fraction of sp³-hybridized carbons (Fsp3) is 0.417. The van der Waals surface area contributed by atoms with E-state index in [4.69, 9.17) is 0 Å². The van der Waals surface area contributed by atoms with Crippen LogP contribution in [0.2, 0.25) is 0 Å². The SMILES string of the molecule is O=C1Nc2cc(S(=O)(=O)NCCCc3ccccc3)ccc2SC1C(=O)N1CCCCCC1. The molecule has 9 heteroatoms. The second-order valence-corrected chi connectivity index (χ2v) is 11.3. The fourth-order valence-corrected chi connectivity index (χ4v) is 6.26. The summed E-state index contributed by atoms with van der Waals surface area (Å²) in [5, 5.41) is 1.91. The first-order valence-electron chi connectivity index (χ1n) is 11.4. The predicted molar refractivity (Wildman–Crippen MR) is 130 cm³/mol. The zero-order chi connectivity index (χ0) is 23.3. The van der Waals surface area contributed by atoms with Gasteiger partial charge in [-0.25, -0.2) is 13.1 Å². The molecule has 33 heavy (non-hydrogen) atoms. The number of hydrogen-bond donors (Lipinski definition) is 2. The maximum absolute atomic E-state index is 12.9. The lowest BCUT2D eigenvalue weighted by molar-refractivity contribution is -0.133. The van der Waals surface area contributed by atoms with Gasteiger partial charge in [-0.1, -0.05) is 43.2 Å². The van der Waals surface area contributed by atoms with E-state index in [-0.39, 0.29) is 10.8 Å². The van der Waals surface area contributed by atoms with E-state index in [1.807, 2.05) is 30.3 Å². The van der Waals surface area contributed by atoms with Crippen LogP contribution in [0.4, 0.5) is 5.69 Å². The van der Waals surface area contributed by atoms with E-state index in [2.05, 4.69) is 10.0 Å². The molecule has 2 aliphatic heterocycles. The Bertz CT molecular complexity index is 1100. The molecule has 2 aromatic rings. The van der Waals surface area contributed by atoms with Gasteiger partial charge in [-0.2, -0.15) is 0 Å². The average Bonchev–Trinajstić information content (AvgIpc) is 3.11. The lowest BCUT2D eigenvalue weighted by Crippen LogP contribution is -2.45. The molecular formula is C24H29N3O4S2. The molecule has 2 aromatic carbocycles. The van der Waals surface area contributed by atoms with E-state index in [0.717, 1.165) is 37.7 Å². The van der Waals surface area contributed by atoms with Crippen molar-refractivity contribution in [1.29, 1.82) is 0 Å². The molecule has 1 atom stereocenters. The summed E-state index contributed by atoms with van der Waals surface area (Å²) in [6.45, 7) is 1.69. The summed E-state index contributed by atoms with van der Waals surface area (Å²) >= 11 is 1.19. The Labute approximate surface area is 199 Å². The minimum Gasteiger partial charge on any atom is -0.341 e. The maximum atomic E-state index is 12.9. The Morgan fingerprint density at radius 2 is 1.79 bits per heavy atom. The van der Waals surface area contributed by atoms with Gasteiger partial charge in [0.2, 0.25) is 21.8 Å². The van der Waals surface area contributed by atoms with E-state index in [9.17, 15) is 18.0 Å². The zero-order valence-electron chi connectivity index (χ0n) is 18.5. The molecule has 7 nitrogen and oxygen atoms in total. The lowest BCUT2D eigenvalue weighted by atomic mass is 10.1. The molecule has 176 valence electrons. The van der Waals surface area contributed by atoms with Gasteiger partial charge >= 0.3 is 0 Å². The number of thioether (sulfide) groups is 1. The first-order chi connectivity index (χ1) is 15.9. The highest BCUT2D eigenvalue weighted by Gasteiger charge is 2.36. The molecule has 0 saturated carbocycles. The van der Waals surface area contributed by atoms with Crippen molar-refractivity contribution in [1.82, 2.24) is 9.62 Å². The van der Waals surface area contributed by atoms with Crippen LogP contribution in [0.25, 0.3) is 0 Å². The topological polar surface area (TPSA) is 95.6 Å². The van der Waals surface area contributed by atoms with Crippen LogP contribution in [0, 0.1) is 0 Å². The first kappa shape index (κ1) is 23.8. The van der Waals surface area contributed by atoms with Crippen LogP contribution in [0.15, 0.2) is 58.3 Å². The van der Waals surface area contributed by atoms with Gasteiger partial charge < -0.3 is 10.2 Å². The summed E-state index contributed by atoms with van der Waals surface area (Å²) < 4.78 is 28.1. The molecule has 1 saturated heterocycles. The molecule has 0 spiro atoms. The molecule has 2 amide bonds. The average molecular weight is 488 g/mol. The van der Waals surface area contributed by atoms with E-state index in [1.165, 1.54) is 23.9 Å². The second-order valence-electron chi connectivity index (χ2n) is 8.37. The van der Waals surface area contributed by atoms with Crippen LogP contribution in [0.1, 0.15) is 37.7 Å². The molecule has 1 unspecified atom stereocenters. The maximum Gasteiger partial charge on any atom is 0.247 e. The number of sulfonamides is 1. The highest BCUT2D eigenvalue weighted by Crippen LogP contribution is 2.38. The Morgan fingerprint density at radius 3 is 2.52 bits per heavy atom. The monoisotopic (exact) mass is 487 g/mol. The number of nitrogens with zero attached hydrogens (tertiary/aromatic N) is 1. The number of fused-ring (bicyclic) bond motifs is 1. The molecule has 0 bridgehead atoms. The number of benzene rings is 2. The summed E-state index contributed by atoms with van der Waals surface area (Å²) in [7, 11) is -3.70. The third kappa shape index (κ3) is 5.96. The van der Waals surface area contributed by atoms with Crippen LogP contribution in [0.5, 0.6) is 0 Å². The highest BCUT2D eigenvalue weighted by molar-refractivity contribution is 8.01. The zero-order valence-corrected chi connectivity index (χ0v) is 20.1. The molecule has 0 aromatic heterocycles. The van der Waals surface area contributed by atoms with E-state index >= 15 is 0 Å². The van der Waals surface area contributed by atoms with Crippen molar-refractivity contribution in [2.45, 2.75) is 53.6 Å². The van der Waals surface area contributed by atoms with Gasteiger partial charge in [0.15, 0.2) is 5.25 Å². The predicted octanol–water partition coefficient (Wildman–Crippen LogP) is 3.41. The molecule has 2 N–H and O–H groups in total. The van der Waals surface area contributed by atoms with Gasteiger partial charge in [0, 0.05) is 24.5 Å². The van der Waals surface area contributed by atoms with Crippen molar-refractivity contribution in [3.05, 3.63) is 54.1 Å². The van der Waals surface area contributed by atoms with Crippen LogP contribution < -0.4 is 10.0 Å². The quantitative estimate of drug-likeness (QED) is 0.461. The number of likely N-dealkylation sites (tertiary alicyclic amines) is 1. The van der Waals surface area contributed by atoms with E-state index in [1.54, 1.807) is 11.0 Å². The third-order valence-corrected chi connectivity index (χ3v) is 8.64. The molecule has 0 aliphatic carbocycles. The Kier molecular flexibility index (Phi) is 7.72. The number of rotatable bonds is 7. The second kappa shape index (κ2) is 10.7. The van der Waals surface area contributed by atoms with Crippen molar-refractivity contribution in [3.63, 3.8) is 0 Å². The van der Waals surface area contributed by atoms with Crippen LogP contribution >= 0.6 is 11.8 Å². The number of aryl methyl sites for hydroxylation is 1. The number of carbonyl (C=O) groups is 2. The van der Waals surface area contributed by atoms with Gasteiger partial charge in [-0.3, -0.25) is 9.59 Å².